The molecule has 0 atom stereocenters. The van der Waals surface area contributed by atoms with Crippen LogP contribution in [0.1, 0.15) is 6.42 Å². The summed E-state index contributed by atoms with van der Waals surface area (Å²) in [5.41, 5.74) is 0. The van der Waals surface area contributed by atoms with Crippen molar-refractivity contribution in [2.75, 3.05) is 0 Å². The minimum absolute atomic E-state index is 0.911. The second-order valence-corrected chi connectivity index (χ2v) is 1.77. The highest BCUT2D eigenvalue weighted by Gasteiger charge is 1.70. The lowest BCUT2D eigenvalue weighted by Crippen LogP contribution is -1.55. The summed E-state index contributed by atoms with van der Waals surface area (Å²) in [6.45, 7) is 0. The van der Waals surface area contributed by atoms with E-state index in [9.17, 15) is 0 Å². The third-order valence-electron chi connectivity index (χ3n) is 1.03. The molecule has 0 aromatic carbocycles. The molecular weight excluding hydrogens is 108 g/mol. The maximum atomic E-state index is 3.09. The summed E-state index contributed by atoms with van der Waals surface area (Å²) in [6.07, 6.45) is 18.0. The van der Waals surface area contributed by atoms with Crippen LogP contribution in [0.15, 0.2) is 42.5 Å². The Bertz CT molecular complexity index is 148. The highest BCUT2D eigenvalue weighted by molar-refractivity contribution is 5.16. The number of allylic oxidation sites excluding steroid dienone is 8. The highest BCUT2D eigenvalue weighted by atomic mass is 13.8. The first-order valence-electron chi connectivity index (χ1n) is 3.05. The molecule has 0 aromatic heterocycles. The van der Waals surface area contributed by atoms with Crippen LogP contribution in [0.25, 0.3) is 0 Å². The molecule has 0 saturated carbocycles. The Kier molecular flexibility index (Phi) is 2.64. The molecule has 0 saturated heterocycles. The van der Waals surface area contributed by atoms with Gasteiger partial charge >= 0.3 is 0 Å². The Morgan fingerprint density at radius 2 is 1.67 bits per heavy atom. The van der Waals surface area contributed by atoms with Crippen LogP contribution in [0.2, 0.25) is 0 Å². The van der Waals surface area contributed by atoms with Gasteiger partial charge in [0.1, 0.15) is 0 Å². The van der Waals surface area contributed by atoms with Crippen molar-refractivity contribution in [3.63, 3.8) is 0 Å². The van der Waals surface area contributed by atoms with Crippen LogP contribution in [0.4, 0.5) is 0 Å². The summed E-state index contributed by atoms with van der Waals surface area (Å²) in [4.78, 5) is 0. The molecule has 45 valence electrons. The fourth-order valence-corrected chi connectivity index (χ4v) is 0.599. The lowest BCUT2D eigenvalue weighted by molar-refractivity contribution is 1.34. The standard InChI is InChI=1S/C9H9/c1-2-4-6-8-9-7-5-3-1/h1-7H,8H2/b2-1-,5-3-,6-4-,9-7?. The van der Waals surface area contributed by atoms with Crippen molar-refractivity contribution in [3.05, 3.63) is 48.6 Å². The fourth-order valence-electron chi connectivity index (χ4n) is 0.599. The molecule has 0 unspecified atom stereocenters. The monoisotopic (exact) mass is 117 g/mol. The van der Waals surface area contributed by atoms with Crippen molar-refractivity contribution in [3.8, 4) is 0 Å². The van der Waals surface area contributed by atoms with Gasteiger partial charge in [0, 0.05) is 0 Å². The fraction of sp³-hybridized carbons (Fsp3) is 0.111. The lowest BCUT2D eigenvalue weighted by atomic mass is 10.3. The normalized spacial score (nSPS) is 31.1. The van der Waals surface area contributed by atoms with Gasteiger partial charge in [0.25, 0.3) is 0 Å². The zero-order valence-corrected chi connectivity index (χ0v) is 5.25. The van der Waals surface area contributed by atoms with Crippen LogP contribution in [0, 0.1) is 6.08 Å². The van der Waals surface area contributed by atoms with E-state index in [0.717, 1.165) is 6.42 Å². The molecule has 0 fully saturated rings. The molecule has 0 nitrogen and oxygen atoms in total. The second-order valence-electron chi connectivity index (χ2n) is 1.77. The largest absolute Gasteiger partial charge is 0.0801 e. The molecule has 1 radical (unpaired) electrons. The van der Waals surface area contributed by atoms with Crippen molar-refractivity contribution in [2.24, 2.45) is 0 Å². The topological polar surface area (TPSA) is 0 Å². The van der Waals surface area contributed by atoms with Gasteiger partial charge in [-0.1, -0.05) is 42.5 Å². The van der Waals surface area contributed by atoms with Crippen molar-refractivity contribution < 1.29 is 0 Å². The Hall–Kier alpha value is -1.04. The molecule has 1 aliphatic carbocycles. The maximum Gasteiger partial charge on any atom is -0.00915 e. The van der Waals surface area contributed by atoms with Gasteiger partial charge in [-0.3, -0.25) is 0 Å². The summed E-state index contributed by atoms with van der Waals surface area (Å²) in [6, 6.07) is 0. The minimum Gasteiger partial charge on any atom is -0.0801 e. The molecule has 0 aromatic rings. The summed E-state index contributed by atoms with van der Waals surface area (Å²) < 4.78 is 0. The van der Waals surface area contributed by atoms with E-state index in [0.29, 0.717) is 0 Å². The van der Waals surface area contributed by atoms with E-state index in [1.807, 2.05) is 36.5 Å². The van der Waals surface area contributed by atoms with Gasteiger partial charge in [0.2, 0.25) is 0 Å². The van der Waals surface area contributed by atoms with E-state index in [4.69, 9.17) is 0 Å². The van der Waals surface area contributed by atoms with Crippen LogP contribution in [-0.4, -0.2) is 0 Å². The van der Waals surface area contributed by atoms with Gasteiger partial charge in [-0.05, 0) is 12.5 Å². The first kappa shape index (κ1) is 6.09. The average molecular weight is 117 g/mol. The van der Waals surface area contributed by atoms with Crippen molar-refractivity contribution in [2.45, 2.75) is 6.42 Å². The molecule has 1 aliphatic rings. The predicted octanol–water partition coefficient (Wildman–Crippen LogP) is 2.42. The lowest BCUT2D eigenvalue weighted by Gasteiger charge is -1.73. The second kappa shape index (κ2) is 3.90. The average Bonchev–Trinajstić information content (AvgIpc) is 2.00. The van der Waals surface area contributed by atoms with Gasteiger partial charge in [-0.2, -0.15) is 0 Å². The predicted molar refractivity (Wildman–Crippen MR) is 39.9 cm³/mol. The maximum absolute atomic E-state index is 3.09. The van der Waals surface area contributed by atoms with Crippen LogP contribution in [-0.2, 0) is 0 Å². The van der Waals surface area contributed by atoms with Crippen molar-refractivity contribution in [1.29, 1.82) is 0 Å². The Balaban J connectivity index is 2.60. The van der Waals surface area contributed by atoms with Crippen LogP contribution in [0.3, 0.4) is 0 Å². The van der Waals surface area contributed by atoms with Crippen LogP contribution < -0.4 is 0 Å². The number of rotatable bonds is 0. The summed E-state index contributed by atoms with van der Waals surface area (Å²) in [5.74, 6) is 0. The van der Waals surface area contributed by atoms with E-state index in [-0.39, 0.29) is 0 Å². The molecule has 0 heteroatoms. The zero-order chi connectivity index (χ0) is 6.36. The van der Waals surface area contributed by atoms with Crippen LogP contribution >= 0.6 is 0 Å². The van der Waals surface area contributed by atoms with E-state index in [1.165, 1.54) is 0 Å². The number of hydrogen-bond acceptors (Lipinski definition) is 0. The van der Waals surface area contributed by atoms with E-state index >= 15 is 0 Å². The summed E-state index contributed by atoms with van der Waals surface area (Å²) in [5, 5.41) is 0. The summed E-state index contributed by atoms with van der Waals surface area (Å²) in [7, 11) is 0. The van der Waals surface area contributed by atoms with E-state index < -0.39 is 0 Å². The smallest absolute Gasteiger partial charge is 0.00915 e. The molecule has 0 bridgehead atoms. The van der Waals surface area contributed by atoms with Crippen LogP contribution in [0.5, 0.6) is 0 Å². The van der Waals surface area contributed by atoms with Crippen molar-refractivity contribution >= 4 is 0 Å². The van der Waals surface area contributed by atoms with E-state index in [1.54, 1.807) is 0 Å². The third kappa shape index (κ3) is 2.70. The molecule has 0 amide bonds. The first-order valence-corrected chi connectivity index (χ1v) is 3.05. The summed E-state index contributed by atoms with van der Waals surface area (Å²) >= 11 is 0. The van der Waals surface area contributed by atoms with Gasteiger partial charge in [-0.25, -0.2) is 0 Å². The molecule has 0 aliphatic heterocycles. The Morgan fingerprint density at radius 1 is 0.889 bits per heavy atom. The molecular formula is C9H9. The van der Waals surface area contributed by atoms with E-state index in [2.05, 4.69) is 12.2 Å². The molecule has 0 spiro atoms. The minimum atomic E-state index is 0.911. The van der Waals surface area contributed by atoms with Gasteiger partial charge in [-0.15, -0.1) is 0 Å². The zero-order valence-electron chi connectivity index (χ0n) is 5.25. The third-order valence-corrected chi connectivity index (χ3v) is 1.03. The Morgan fingerprint density at radius 3 is 2.67 bits per heavy atom. The molecule has 1 rings (SSSR count). The van der Waals surface area contributed by atoms with Crippen molar-refractivity contribution in [1.82, 2.24) is 0 Å². The first-order chi connectivity index (χ1) is 4.50. The molecule has 0 heterocycles. The number of hydrogen-bond donors (Lipinski definition) is 0. The van der Waals surface area contributed by atoms with Gasteiger partial charge in [0.05, 0.1) is 0 Å². The van der Waals surface area contributed by atoms with Gasteiger partial charge < -0.3 is 0 Å². The molecule has 0 N–H and O–H groups in total. The SMILES string of the molecule is [C]1=C/C=C\C=C/C=C\C\1. The molecule has 9 heavy (non-hydrogen) atoms. The Labute approximate surface area is 55.9 Å². The van der Waals surface area contributed by atoms with Gasteiger partial charge in [0.15, 0.2) is 0 Å². The quantitative estimate of drug-likeness (QED) is 0.457. The highest BCUT2D eigenvalue weighted by Crippen LogP contribution is 1.90.